The molecule has 188 valence electrons. The van der Waals surface area contributed by atoms with E-state index in [-0.39, 0.29) is 31.2 Å². The van der Waals surface area contributed by atoms with Crippen molar-refractivity contribution in [1.29, 1.82) is 0 Å². The van der Waals surface area contributed by atoms with Crippen molar-refractivity contribution >= 4 is 11.7 Å². The first-order valence-electron chi connectivity index (χ1n) is 11.3. The standard InChI is InChI=1S/C26H27F4NO4/c1-3-17(25(34)31-21-5-4-14-26(29,30)24(21)33)23(32)22-18(19(27)12-13-20(22)28)11-8-15-6-9-16(35-2)10-7-15/h3,6-7,9-10,12-13,21,24,33H,4-5,8,11,14H2,1-2H3,(H,31,34)/t21-,24+/m1/s1. The molecule has 1 saturated carbocycles. The Kier molecular flexibility index (Phi) is 8.32. The molecule has 5 nitrogen and oxygen atoms in total. The van der Waals surface area contributed by atoms with Crippen molar-refractivity contribution in [2.24, 2.45) is 0 Å². The van der Waals surface area contributed by atoms with Gasteiger partial charge < -0.3 is 15.2 Å². The Labute approximate surface area is 200 Å². The van der Waals surface area contributed by atoms with Gasteiger partial charge in [-0.2, -0.15) is 0 Å². The van der Waals surface area contributed by atoms with Crippen molar-refractivity contribution in [1.82, 2.24) is 5.32 Å². The predicted octanol–water partition coefficient (Wildman–Crippen LogP) is 4.55. The van der Waals surface area contributed by atoms with Crippen LogP contribution in [0.4, 0.5) is 17.6 Å². The zero-order chi connectivity index (χ0) is 25.8. The molecular weight excluding hydrogens is 466 g/mol. The van der Waals surface area contributed by atoms with Crippen LogP contribution in [0.5, 0.6) is 5.75 Å². The number of aliphatic hydroxyl groups excluding tert-OH is 1. The molecule has 0 heterocycles. The number of hydrogen-bond acceptors (Lipinski definition) is 4. The van der Waals surface area contributed by atoms with E-state index in [2.05, 4.69) is 5.32 Å². The van der Waals surface area contributed by atoms with Crippen LogP contribution in [0.2, 0.25) is 0 Å². The fourth-order valence-corrected chi connectivity index (χ4v) is 4.20. The number of nitrogens with one attached hydrogen (secondary N) is 1. The van der Waals surface area contributed by atoms with Gasteiger partial charge in [-0.1, -0.05) is 18.2 Å². The maximum atomic E-state index is 14.8. The second-order valence-electron chi connectivity index (χ2n) is 8.44. The van der Waals surface area contributed by atoms with Crippen molar-refractivity contribution in [2.75, 3.05) is 7.11 Å². The summed E-state index contributed by atoms with van der Waals surface area (Å²) in [4.78, 5) is 26.0. The van der Waals surface area contributed by atoms with Crippen molar-refractivity contribution in [2.45, 2.75) is 57.1 Å². The molecule has 1 fully saturated rings. The van der Waals surface area contributed by atoms with Gasteiger partial charge in [-0.25, -0.2) is 17.6 Å². The topological polar surface area (TPSA) is 75.6 Å². The van der Waals surface area contributed by atoms with Gasteiger partial charge in [0.2, 0.25) is 5.78 Å². The Morgan fingerprint density at radius 2 is 1.77 bits per heavy atom. The van der Waals surface area contributed by atoms with E-state index in [9.17, 15) is 32.3 Å². The SMILES string of the molecule is CC=C(C(=O)N[C@@H]1CCCC(F)(F)[C@H]1O)C(=O)c1c(F)ccc(F)c1CCc1ccc(OC)cc1. The summed E-state index contributed by atoms with van der Waals surface area (Å²) in [6.45, 7) is 1.35. The Bertz CT molecular complexity index is 1120. The van der Waals surface area contributed by atoms with Crippen LogP contribution in [-0.2, 0) is 17.6 Å². The fourth-order valence-electron chi connectivity index (χ4n) is 4.20. The molecule has 2 atom stereocenters. The molecule has 0 aromatic heterocycles. The van der Waals surface area contributed by atoms with E-state index in [0.717, 1.165) is 23.8 Å². The average Bonchev–Trinajstić information content (AvgIpc) is 2.83. The lowest BCUT2D eigenvalue weighted by Gasteiger charge is -2.34. The number of allylic oxidation sites excluding steroid dienone is 1. The molecule has 0 radical (unpaired) electrons. The lowest BCUT2D eigenvalue weighted by atomic mass is 9.88. The van der Waals surface area contributed by atoms with Gasteiger partial charge in [-0.15, -0.1) is 0 Å². The van der Waals surface area contributed by atoms with Crippen LogP contribution < -0.4 is 10.1 Å². The minimum absolute atomic E-state index is 0.0246. The number of carbonyl (C=O) groups excluding carboxylic acids is 2. The summed E-state index contributed by atoms with van der Waals surface area (Å²) in [5, 5.41) is 12.2. The van der Waals surface area contributed by atoms with E-state index in [1.807, 2.05) is 0 Å². The van der Waals surface area contributed by atoms with Crippen LogP contribution in [0.3, 0.4) is 0 Å². The number of aryl methyl sites for hydroxylation is 1. The summed E-state index contributed by atoms with van der Waals surface area (Å²) in [6.07, 6.45) is -1.09. The molecule has 9 heteroatoms. The van der Waals surface area contributed by atoms with E-state index in [0.29, 0.717) is 5.75 Å². The Hall–Kier alpha value is -3.20. The Morgan fingerprint density at radius 3 is 2.40 bits per heavy atom. The number of hydrogen-bond donors (Lipinski definition) is 2. The van der Waals surface area contributed by atoms with Crippen molar-refractivity contribution in [3.05, 3.63) is 76.4 Å². The number of Topliss-reactive ketones (excluding diaryl/α,β-unsaturated/α-hetero) is 1. The molecule has 0 aliphatic heterocycles. The van der Waals surface area contributed by atoms with Crippen LogP contribution >= 0.6 is 0 Å². The molecule has 3 rings (SSSR count). The number of carbonyl (C=O) groups is 2. The summed E-state index contributed by atoms with van der Waals surface area (Å²) in [7, 11) is 1.52. The first kappa shape index (κ1) is 26.4. The van der Waals surface area contributed by atoms with Crippen LogP contribution in [0.25, 0.3) is 0 Å². The van der Waals surface area contributed by atoms with Gasteiger partial charge in [-0.3, -0.25) is 9.59 Å². The van der Waals surface area contributed by atoms with Gasteiger partial charge in [0, 0.05) is 12.0 Å². The van der Waals surface area contributed by atoms with Crippen LogP contribution in [0.1, 0.15) is 47.7 Å². The van der Waals surface area contributed by atoms with Gasteiger partial charge in [0.05, 0.1) is 24.3 Å². The minimum Gasteiger partial charge on any atom is -0.497 e. The summed E-state index contributed by atoms with van der Waals surface area (Å²) in [5.41, 5.74) is -0.510. The highest BCUT2D eigenvalue weighted by Crippen LogP contribution is 2.34. The van der Waals surface area contributed by atoms with E-state index < -0.39 is 59.0 Å². The van der Waals surface area contributed by atoms with Gasteiger partial charge in [0.15, 0.2) is 0 Å². The molecular formula is C26H27F4NO4. The molecule has 1 aliphatic carbocycles. The minimum atomic E-state index is -3.38. The molecule has 35 heavy (non-hydrogen) atoms. The fraction of sp³-hybridized carbons (Fsp3) is 0.385. The summed E-state index contributed by atoms with van der Waals surface area (Å²) in [5.74, 6) is -6.66. The molecule has 0 unspecified atom stereocenters. The monoisotopic (exact) mass is 493 g/mol. The first-order chi connectivity index (χ1) is 16.6. The quantitative estimate of drug-likeness (QED) is 0.186. The Morgan fingerprint density at radius 1 is 1.11 bits per heavy atom. The highest BCUT2D eigenvalue weighted by molar-refractivity contribution is 6.26. The van der Waals surface area contributed by atoms with E-state index in [4.69, 9.17) is 4.74 Å². The highest BCUT2D eigenvalue weighted by atomic mass is 19.3. The van der Waals surface area contributed by atoms with Crippen molar-refractivity contribution in [3.63, 3.8) is 0 Å². The molecule has 1 aliphatic rings. The molecule has 0 spiro atoms. The highest BCUT2D eigenvalue weighted by Gasteiger charge is 2.46. The maximum Gasteiger partial charge on any atom is 0.275 e. The number of ketones is 1. The molecule has 0 bridgehead atoms. The van der Waals surface area contributed by atoms with Crippen LogP contribution in [-0.4, -0.2) is 42.0 Å². The summed E-state index contributed by atoms with van der Waals surface area (Å²) in [6, 6.07) is 7.38. The molecule has 0 saturated heterocycles. The number of halogens is 4. The third-order valence-corrected chi connectivity index (χ3v) is 6.19. The van der Waals surface area contributed by atoms with Gasteiger partial charge in [-0.05, 0) is 62.4 Å². The molecule has 2 N–H and O–H groups in total. The number of ether oxygens (including phenoxy) is 1. The zero-order valence-electron chi connectivity index (χ0n) is 19.4. The molecule has 2 aromatic rings. The number of amides is 1. The number of alkyl halides is 2. The zero-order valence-corrected chi connectivity index (χ0v) is 19.4. The average molecular weight is 493 g/mol. The third-order valence-electron chi connectivity index (χ3n) is 6.19. The third kappa shape index (κ3) is 5.90. The van der Waals surface area contributed by atoms with Gasteiger partial charge in [0.25, 0.3) is 11.8 Å². The summed E-state index contributed by atoms with van der Waals surface area (Å²) >= 11 is 0. The first-order valence-corrected chi connectivity index (χ1v) is 11.3. The van der Waals surface area contributed by atoms with Crippen LogP contribution in [0.15, 0.2) is 48.0 Å². The van der Waals surface area contributed by atoms with Crippen molar-refractivity contribution in [3.8, 4) is 5.75 Å². The number of rotatable bonds is 8. The maximum absolute atomic E-state index is 14.8. The normalized spacial score (nSPS) is 19.8. The number of aliphatic hydroxyl groups is 1. The second-order valence-corrected chi connectivity index (χ2v) is 8.44. The smallest absolute Gasteiger partial charge is 0.275 e. The second kappa shape index (κ2) is 11.0. The molecule has 1 amide bonds. The number of methoxy groups -OCH3 is 1. The van der Waals surface area contributed by atoms with E-state index in [1.165, 1.54) is 14.0 Å². The van der Waals surface area contributed by atoms with Crippen LogP contribution in [0, 0.1) is 11.6 Å². The van der Waals surface area contributed by atoms with Gasteiger partial charge >= 0.3 is 0 Å². The molecule has 2 aromatic carbocycles. The lowest BCUT2D eigenvalue weighted by Crippen LogP contribution is -2.54. The lowest BCUT2D eigenvalue weighted by molar-refractivity contribution is -0.147. The predicted molar refractivity (Wildman–Crippen MR) is 122 cm³/mol. The van der Waals surface area contributed by atoms with Gasteiger partial charge in [0.1, 0.15) is 23.5 Å². The summed E-state index contributed by atoms with van der Waals surface area (Å²) < 4.78 is 62.3. The number of benzene rings is 2. The van der Waals surface area contributed by atoms with E-state index in [1.54, 1.807) is 24.3 Å². The van der Waals surface area contributed by atoms with E-state index >= 15 is 0 Å². The Balaban J connectivity index is 1.83. The largest absolute Gasteiger partial charge is 0.497 e. The van der Waals surface area contributed by atoms with Crippen molar-refractivity contribution < 1.29 is 37.0 Å².